The van der Waals surface area contributed by atoms with E-state index in [0.717, 1.165) is 18.4 Å². The van der Waals surface area contributed by atoms with Gasteiger partial charge in [0.25, 0.3) is 0 Å². The molecule has 6 heteroatoms. The second-order valence-corrected chi connectivity index (χ2v) is 6.99. The first-order chi connectivity index (χ1) is 12.0. The summed E-state index contributed by atoms with van der Waals surface area (Å²) in [4.78, 5) is 16.6. The van der Waals surface area contributed by atoms with E-state index < -0.39 is 0 Å². The Morgan fingerprint density at radius 1 is 1.32 bits per heavy atom. The van der Waals surface area contributed by atoms with Crippen LogP contribution in [0.2, 0.25) is 0 Å². The molecule has 0 saturated heterocycles. The molecule has 0 radical (unpaired) electrons. The highest BCUT2D eigenvalue weighted by atomic mass is 19.1. The minimum absolute atomic E-state index is 0.00447. The molecule has 1 fully saturated rings. The normalized spacial score (nSPS) is 15.4. The van der Waals surface area contributed by atoms with Gasteiger partial charge in [-0.25, -0.2) is 4.39 Å². The predicted octanol–water partition coefficient (Wildman–Crippen LogP) is 3.92. The van der Waals surface area contributed by atoms with Gasteiger partial charge in [-0.15, -0.1) is 0 Å². The number of carbonyl (C=O) groups excluding carboxylic acids is 1. The zero-order valence-corrected chi connectivity index (χ0v) is 14.7. The van der Waals surface area contributed by atoms with Crippen molar-refractivity contribution in [3.63, 3.8) is 0 Å². The summed E-state index contributed by atoms with van der Waals surface area (Å²) >= 11 is 0. The predicted molar refractivity (Wildman–Crippen MR) is 91.3 cm³/mol. The Labute approximate surface area is 147 Å². The van der Waals surface area contributed by atoms with Crippen molar-refractivity contribution < 1.29 is 13.7 Å². The lowest BCUT2D eigenvalue weighted by atomic mass is 10.0. The molecular formula is C19H24FN3O2. The van der Waals surface area contributed by atoms with Crippen LogP contribution in [0.1, 0.15) is 68.8 Å². The molecule has 134 valence electrons. The number of hydrogen-bond donors (Lipinski definition) is 1. The second-order valence-electron chi connectivity index (χ2n) is 6.99. The number of aromatic nitrogens is 2. The summed E-state index contributed by atoms with van der Waals surface area (Å²) in [6.07, 6.45) is 3.86. The molecule has 1 aromatic heterocycles. The molecule has 1 amide bonds. The monoisotopic (exact) mass is 345 g/mol. The third-order valence-corrected chi connectivity index (χ3v) is 4.43. The molecule has 0 bridgehead atoms. The van der Waals surface area contributed by atoms with E-state index in [9.17, 15) is 9.18 Å². The Kier molecular flexibility index (Phi) is 5.46. The van der Waals surface area contributed by atoms with Crippen LogP contribution in [0.25, 0.3) is 0 Å². The summed E-state index contributed by atoms with van der Waals surface area (Å²) in [6.45, 7) is 4.02. The van der Waals surface area contributed by atoms with E-state index >= 15 is 0 Å². The van der Waals surface area contributed by atoms with E-state index in [1.54, 1.807) is 12.1 Å². The number of nitrogens with zero attached hydrogens (tertiary/aromatic N) is 2. The average molecular weight is 345 g/mol. The lowest BCUT2D eigenvalue weighted by Crippen LogP contribution is -2.29. The first kappa shape index (κ1) is 17.6. The number of halogens is 1. The average Bonchev–Trinajstić information content (AvgIpc) is 3.31. The molecule has 5 nitrogen and oxygen atoms in total. The highest BCUT2D eigenvalue weighted by molar-refractivity contribution is 5.76. The molecule has 1 saturated carbocycles. The minimum Gasteiger partial charge on any atom is -0.349 e. The van der Waals surface area contributed by atoms with Crippen LogP contribution in [0.5, 0.6) is 0 Å². The van der Waals surface area contributed by atoms with Crippen LogP contribution in [0.3, 0.4) is 0 Å². The minimum atomic E-state index is -0.259. The molecule has 1 N–H and O–H groups in total. The van der Waals surface area contributed by atoms with Gasteiger partial charge in [0.15, 0.2) is 5.82 Å². The summed E-state index contributed by atoms with van der Waals surface area (Å²) in [5.41, 5.74) is 0.968. The van der Waals surface area contributed by atoms with Crippen molar-refractivity contribution in [3.8, 4) is 0 Å². The lowest BCUT2D eigenvalue weighted by molar-refractivity contribution is -0.122. The molecule has 1 atom stereocenters. The standard InChI is InChI=1S/C19H24FN3O2/c1-12(2)19-22-17(25-23-19)5-3-4-16(24)21-18(13-6-7-13)14-8-10-15(20)11-9-14/h8-13,18H,3-7H2,1-2H3,(H,21,24)/t18-/m0/s1. The molecule has 1 heterocycles. The zero-order valence-electron chi connectivity index (χ0n) is 14.7. The summed E-state index contributed by atoms with van der Waals surface area (Å²) in [7, 11) is 0. The Balaban J connectivity index is 1.49. The Hall–Kier alpha value is -2.24. The first-order valence-corrected chi connectivity index (χ1v) is 8.90. The maximum atomic E-state index is 13.1. The third-order valence-electron chi connectivity index (χ3n) is 4.43. The van der Waals surface area contributed by atoms with Crippen molar-refractivity contribution >= 4 is 5.91 Å². The van der Waals surface area contributed by atoms with Gasteiger partial charge in [0.2, 0.25) is 11.8 Å². The van der Waals surface area contributed by atoms with Gasteiger partial charge in [0, 0.05) is 18.8 Å². The topological polar surface area (TPSA) is 68.0 Å². The molecule has 25 heavy (non-hydrogen) atoms. The van der Waals surface area contributed by atoms with E-state index in [1.807, 2.05) is 13.8 Å². The molecule has 1 aromatic carbocycles. The first-order valence-electron chi connectivity index (χ1n) is 8.90. The van der Waals surface area contributed by atoms with Crippen LogP contribution in [-0.2, 0) is 11.2 Å². The molecule has 0 aliphatic heterocycles. The molecule has 1 aliphatic rings. The van der Waals surface area contributed by atoms with Crippen LogP contribution >= 0.6 is 0 Å². The van der Waals surface area contributed by atoms with Crippen molar-refractivity contribution in [2.24, 2.45) is 5.92 Å². The quantitative estimate of drug-likeness (QED) is 0.787. The van der Waals surface area contributed by atoms with Crippen LogP contribution in [0.15, 0.2) is 28.8 Å². The fourth-order valence-corrected chi connectivity index (χ4v) is 2.82. The smallest absolute Gasteiger partial charge is 0.226 e. The van der Waals surface area contributed by atoms with Gasteiger partial charge in [0.05, 0.1) is 6.04 Å². The summed E-state index contributed by atoms with van der Waals surface area (Å²) in [6, 6.07) is 6.37. The van der Waals surface area contributed by atoms with Crippen LogP contribution < -0.4 is 5.32 Å². The highest BCUT2D eigenvalue weighted by Crippen LogP contribution is 2.41. The van der Waals surface area contributed by atoms with Gasteiger partial charge >= 0.3 is 0 Å². The van der Waals surface area contributed by atoms with E-state index in [1.165, 1.54) is 12.1 Å². The number of hydrogen-bond acceptors (Lipinski definition) is 4. The number of benzene rings is 1. The van der Waals surface area contributed by atoms with Crippen LogP contribution in [-0.4, -0.2) is 16.0 Å². The molecule has 0 spiro atoms. The largest absolute Gasteiger partial charge is 0.349 e. The van der Waals surface area contributed by atoms with Crippen LogP contribution in [0, 0.1) is 11.7 Å². The highest BCUT2D eigenvalue weighted by Gasteiger charge is 2.33. The van der Waals surface area contributed by atoms with Crippen molar-refractivity contribution in [2.75, 3.05) is 0 Å². The van der Waals surface area contributed by atoms with Crippen molar-refractivity contribution in [1.29, 1.82) is 0 Å². The van der Waals surface area contributed by atoms with E-state index in [4.69, 9.17) is 4.52 Å². The summed E-state index contributed by atoms with van der Waals surface area (Å²) in [5, 5.41) is 7.02. The summed E-state index contributed by atoms with van der Waals surface area (Å²) < 4.78 is 18.3. The SMILES string of the molecule is CC(C)c1noc(CCCC(=O)N[C@H](c2ccc(F)cc2)C2CC2)n1. The van der Waals surface area contributed by atoms with Crippen molar-refractivity contribution in [3.05, 3.63) is 47.4 Å². The van der Waals surface area contributed by atoms with Gasteiger partial charge in [-0.2, -0.15) is 4.98 Å². The van der Waals surface area contributed by atoms with Gasteiger partial charge < -0.3 is 9.84 Å². The van der Waals surface area contributed by atoms with E-state index in [2.05, 4.69) is 15.5 Å². The molecular weight excluding hydrogens is 321 g/mol. The summed E-state index contributed by atoms with van der Waals surface area (Å²) in [5.74, 6) is 1.71. The number of carbonyl (C=O) groups is 1. The lowest BCUT2D eigenvalue weighted by Gasteiger charge is -2.18. The number of amides is 1. The molecule has 0 unspecified atom stereocenters. The van der Waals surface area contributed by atoms with E-state index in [0.29, 0.717) is 36.9 Å². The Morgan fingerprint density at radius 3 is 2.64 bits per heavy atom. The van der Waals surface area contributed by atoms with Crippen molar-refractivity contribution in [2.45, 2.75) is 57.9 Å². The number of nitrogens with one attached hydrogen (secondary N) is 1. The van der Waals surface area contributed by atoms with Gasteiger partial charge in [-0.05, 0) is 42.9 Å². The van der Waals surface area contributed by atoms with Gasteiger partial charge in [-0.1, -0.05) is 31.1 Å². The second kappa shape index (κ2) is 7.76. The molecule has 2 aromatic rings. The fourth-order valence-electron chi connectivity index (χ4n) is 2.82. The number of rotatable bonds is 8. The Bertz CT molecular complexity index is 708. The van der Waals surface area contributed by atoms with E-state index in [-0.39, 0.29) is 23.7 Å². The third kappa shape index (κ3) is 4.87. The molecule has 3 rings (SSSR count). The fraction of sp³-hybridized carbons (Fsp3) is 0.526. The van der Waals surface area contributed by atoms with Gasteiger partial charge in [-0.3, -0.25) is 4.79 Å². The Morgan fingerprint density at radius 2 is 2.04 bits per heavy atom. The maximum absolute atomic E-state index is 13.1. The molecule has 1 aliphatic carbocycles. The van der Waals surface area contributed by atoms with Crippen molar-refractivity contribution in [1.82, 2.24) is 15.5 Å². The van der Waals surface area contributed by atoms with Gasteiger partial charge in [0.1, 0.15) is 5.82 Å². The zero-order chi connectivity index (χ0) is 17.8. The maximum Gasteiger partial charge on any atom is 0.226 e. The van der Waals surface area contributed by atoms with Crippen LogP contribution in [0.4, 0.5) is 4.39 Å². The number of aryl methyl sites for hydroxylation is 1.